The summed E-state index contributed by atoms with van der Waals surface area (Å²) in [5.41, 5.74) is 0. The largest absolute Gasteiger partial charge is 0.462 e. The predicted molar refractivity (Wildman–Crippen MR) is 224 cm³/mol. The summed E-state index contributed by atoms with van der Waals surface area (Å²) in [7, 11) is 0. The molecule has 0 aliphatic rings. The molecule has 0 aromatic rings. The highest BCUT2D eigenvalue weighted by atomic mass is 16.6. The van der Waals surface area contributed by atoms with E-state index in [1.165, 1.54) is 154 Å². The van der Waals surface area contributed by atoms with Crippen LogP contribution in [0.5, 0.6) is 0 Å². The molecule has 0 spiro atoms. The number of hydrogen-bond donors (Lipinski definition) is 0. The van der Waals surface area contributed by atoms with Crippen molar-refractivity contribution in [2.24, 2.45) is 5.92 Å². The van der Waals surface area contributed by atoms with Gasteiger partial charge in [0.05, 0.1) is 0 Å². The Morgan fingerprint density at radius 1 is 0.358 bits per heavy atom. The molecule has 0 bridgehead atoms. The molecule has 0 radical (unpaired) electrons. The number of rotatable bonds is 42. The molecule has 0 amide bonds. The molecule has 0 saturated heterocycles. The Morgan fingerprint density at radius 2 is 0.623 bits per heavy atom. The fourth-order valence-electron chi connectivity index (χ4n) is 6.98. The molecule has 314 valence electrons. The van der Waals surface area contributed by atoms with Crippen molar-refractivity contribution >= 4 is 17.9 Å². The number of carbonyl (C=O) groups is 3. The predicted octanol–water partition coefficient (Wildman–Crippen LogP) is 14.7. The molecule has 6 heteroatoms. The number of unbranched alkanes of at least 4 members (excludes halogenated alkanes) is 29. The maximum atomic E-state index is 12.7. The number of ether oxygens (including phenoxy) is 3. The van der Waals surface area contributed by atoms with E-state index < -0.39 is 6.10 Å². The molecule has 0 aliphatic heterocycles. The van der Waals surface area contributed by atoms with Crippen LogP contribution in [0.25, 0.3) is 0 Å². The van der Waals surface area contributed by atoms with Gasteiger partial charge in [0.15, 0.2) is 6.10 Å². The lowest BCUT2D eigenvalue weighted by Crippen LogP contribution is -2.30. The van der Waals surface area contributed by atoms with Crippen LogP contribution in [-0.4, -0.2) is 37.2 Å². The van der Waals surface area contributed by atoms with Gasteiger partial charge in [-0.2, -0.15) is 0 Å². The van der Waals surface area contributed by atoms with Gasteiger partial charge in [-0.25, -0.2) is 0 Å². The van der Waals surface area contributed by atoms with Crippen molar-refractivity contribution < 1.29 is 28.6 Å². The second kappa shape index (κ2) is 41.6. The molecule has 0 heterocycles. The van der Waals surface area contributed by atoms with Crippen molar-refractivity contribution in [1.29, 1.82) is 0 Å². The first-order chi connectivity index (χ1) is 25.9. The zero-order valence-electron chi connectivity index (χ0n) is 36.0. The smallest absolute Gasteiger partial charge is 0.306 e. The van der Waals surface area contributed by atoms with Crippen LogP contribution in [0.2, 0.25) is 0 Å². The third kappa shape index (κ3) is 41.4. The molecule has 0 saturated carbocycles. The first kappa shape index (κ1) is 51.4. The lowest BCUT2D eigenvalue weighted by Gasteiger charge is -2.18. The van der Waals surface area contributed by atoms with Crippen molar-refractivity contribution in [3.05, 3.63) is 0 Å². The summed E-state index contributed by atoms with van der Waals surface area (Å²) < 4.78 is 16.7. The van der Waals surface area contributed by atoms with Crippen LogP contribution in [-0.2, 0) is 28.6 Å². The molecule has 0 rings (SSSR count). The third-order valence-corrected chi connectivity index (χ3v) is 10.5. The average Bonchev–Trinajstić information content (AvgIpc) is 3.14. The Balaban J connectivity index is 4.27. The Labute approximate surface area is 329 Å². The minimum Gasteiger partial charge on any atom is -0.462 e. The van der Waals surface area contributed by atoms with Gasteiger partial charge in [-0.15, -0.1) is 0 Å². The highest BCUT2D eigenvalue weighted by Gasteiger charge is 2.19. The zero-order chi connectivity index (χ0) is 38.9. The van der Waals surface area contributed by atoms with E-state index in [4.69, 9.17) is 14.2 Å². The van der Waals surface area contributed by atoms with E-state index >= 15 is 0 Å². The van der Waals surface area contributed by atoms with Crippen LogP contribution in [0.3, 0.4) is 0 Å². The normalized spacial score (nSPS) is 11.9. The summed E-state index contributed by atoms with van der Waals surface area (Å²) in [4.78, 5) is 37.7. The van der Waals surface area contributed by atoms with Crippen molar-refractivity contribution in [3.8, 4) is 0 Å². The first-order valence-electron chi connectivity index (χ1n) is 23.4. The van der Waals surface area contributed by atoms with Gasteiger partial charge >= 0.3 is 17.9 Å². The minimum absolute atomic E-state index is 0.0640. The summed E-state index contributed by atoms with van der Waals surface area (Å²) in [5, 5.41) is 0. The third-order valence-electron chi connectivity index (χ3n) is 10.5. The van der Waals surface area contributed by atoms with Crippen LogP contribution in [0.4, 0.5) is 0 Å². The van der Waals surface area contributed by atoms with Gasteiger partial charge in [0.2, 0.25) is 0 Å². The SMILES string of the molecule is CCCCCCCCCCCCCCCCCC(=O)OC[C@@H](COC(=O)CCCCCCCCCCC(C)C)OC(=O)CCCCCCCCCCC. The number of carbonyl (C=O) groups excluding carboxylic acids is 3. The van der Waals surface area contributed by atoms with Gasteiger partial charge < -0.3 is 14.2 Å². The van der Waals surface area contributed by atoms with E-state index in [1.54, 1.807) is 0 Å². The van der Waals surface area contributed by atoms with E-state index in [-0.39, 0.29) is 31.1 Å². The van der Waals surface area contributed by atoms with E-state index in [0.29, 0.717) is 19.3 Å². The highest BCUT2D eigenvalue weighted by molar-refractivity contribution is 5.71. The maximum absolute atomic E-state index is 12.7. The molecule has 1 atom stereocenters. The van der Waals surface area contributed by atoms with E-state index in [9.17, 15) is 14.4 Å². The fourth-order valence-corrected chi connectivity index (χ4v) is 6.98. The van der Waals surface area contributed by atoms with Crippen LogP contribution in [0.1, 0.15) is 259 Å². The van der Waals surface area contributed by atoms with Crippen LogP contribution >= 0.6 is 0 Å². The monoisotopic (exact) mass is 751 g/mol. The first-order valence-corrected chi connectivity index (χ1v) is 23.4. The lowest BCUT2D eigenvalue weighted by atomic mass is 10.0. The van der Waals surface area contributed by atoms with Crippen molar-refractivity contribution in [2.75, 3.05) is 13.2 Å². The van der Waals surface area contributed by atoms with Crippen molar-refractivity contribution in [2.45, 2.75) is 265 Å². The van der Waals surface area contributed by atoms with Gasteiger partial charge in [-0.05, 0) is 25.2 Å². The minimum atomic E-state index is -0.759. The Kier molecular flexibility index (Phi) is 40.3. The molecule has 0 fully saturated rings. The number of hydrogen-bond acceptors (Lipinski definition) is 6. The van der Waals surface area contributed by atoms with Crippen molar-refractivity contribution in [3.63, 3.8) is 0 Å². The van der Waals surface area contributed by atoms with E-state index in [1.807, 2.05) is 0 Å². The van der Waals surface area contributed by atoms with Gasteiger partial charge in [-0.1, -0.05) is 220 Å². The van der Waals surface area contributed by atoms with Crippen LogP contribution in [0.15, 0.2) is 0 Å². The standard InChI is InChI=1S/C47H90O6/c1-5-7-9-11-13-15-16-17-18-19-20-22-26-30-34-38-45(48)51-41-44(53-47(50)40-36-32-28-21-14-12-10-8-6-2)42-52-46(49)39-35-31-27-24-23-25-29-33-37-43(3)4/h43-44H,5-42H2,1-4H3/t44-/m0/s1. The van der Waals surface area contributed by atoms with Gasteiger partial charge in [0.25, 0.3) is 0 Å². The summed E-state index contributed by atoms with van der Waals surface area (Å²) in [6, 6.07) is 0. The van der Waals surface area contributed by atoms with Gasteiger partial charge in [0, 0.05) is 19.3 Å². The molecule has 0 aromatic carbocycles. The van der Waals surface area contributed by atoms with Crippen molar-refractivity contribution in [1.82, 2.24) is 0 Å². The Hall–Kier alpha value is -1.59. The molecular formula is C47H90O6. The second-order valence-corrected chi connectivity index (χ2v) is 16.5. The van der Waals surface area contributed by atoms with E-state index in [2.05, 4.69) is 27.7 Å². The molecular weight excluding hydrogens is 661 g/mol. The van der Waals surface area contributed by atoms with E-state index in [0.717, 1.165) is 63.7 Å². The van der Waals surface area contributed by atoms with Gasteiger partial charge in [-0.3, -0.25) is 14.4 Å². The molecule has 0 aromatic heterocycles. The molecule has 53 heavy (non-hydrogen) atoms. The fraction of sp³-hybridized carbons (Fsp3) is 0.936. The summed E-state index contributed by atoms with van der Waals surface area (Å²) >= 11 is 0. The lowest BCUT2D eigenvalue weighted by molar-refractivity contribution is -0.167. The molecule has 0 N–H and O–H groups in total. The molecule has 6 nitrogen and oxygen atoms in total. The summed E-state index contributed by atoms with van der Waals surface area (Å²) in [6.45, 7) is 8.95. The quantitative estimate of drug-likeness (QED) is 0.0351. The topological polar surface area (TPSA) is 78.9 Å². The Bertz CT molecular complexity index is 796. The molecule has 0 unspecified atom stereocenters. The zero-order valence-corrected chi connectivity index (χ0v) is 36.0. The molecule has 0 aliphatic carbocycles. The summed E-state index contributed by atoms with van der Waals surface area (Å²) in [5.74, 6) is -0.0597. The van der Waals surface area contributed by atoms with Crippen LogP contribution < -0.4 is 0 Å². The summed E-state index contributed by atoms with van der Waals surface area (Å²) in [6.07, 6.45) is 40.9. The highest BCUT2D eigenvalue weighted by Crippen LogP contribution is 2.16. The van der Waals surface area contributed by atoms with Gasteiger partial charge in [0.1, 0.15) is 13.2 Å². The van der Waals surface area contributed by atoms with Crippen LogP contribution in [0, 0.1) is 5.92 Å². The average molecular weight is 751 g/mol. The second-order valence-electron chi connectivity index (χ2n) is 16.5. The number of esters is 3. The Morgan fingerprint density at radius 3 is 0.925 bits per heavy atom. The maximum Gasteiger partial charge on any atom is 0.306 e.